The van der Waals surface area contributed by atoms with Crippen molar-refractivity contribution in [2.45, 2.75) is 13.1 Å². The van der Waals surface area contributed by atoms with Crippen molar-refractivity contribution in [2.75, 3.05) is 5.32 Å². The number of aromatic nitrogens is 3. The van der Waals surface area contributed by atoms with Gasteiger partial charge < -0.3 is 5.32 Å². The number of rotatable bonds is 3. The second kappa shape index (κ2) is 6.37. The lowest BCUT2D eigenvalue weighted by atomic mass is 10.2. The highest BCUT2D eigenvalue weighted by Crippen LogP contribution is 2.39. The van der Waals surface area contributed by atoms with Gasteiger partial charge in [0.2, 0.25) is 5.95 Å². The molecule has 3 rings (SSSR count). The first kappa shape index (κ1) is 16.7. The Morgan fingerprint density at radius 3 is 2.67 bits per heavy atom. The fraction of sp³-hybridized carbons (Fsp3) is 0.133. The van der Waals surface area contributed by atoms with Gasteiger partial charge in [-0.2, -0.15) is 13.2 Å². The predicted octanol–water partition coefficient (Wildman–Crippen LogP) is 5.32. The largest absolute Gasteiger partial charge is 0.434 e. The van der Waals surface area contributed by atoms with Gasteiger partial charge in [-0.05, 0) is 31.2 Å². The normalized spacial score (nSPS) is 11.5. The smallest absolute Gasteiger partial charge is 0.324 e. The van der Waals surface area contributed by atoms with Crippen LogP contribution in [-0.2, 0) is 6.18 Å². The van der Waals surface area contributed by atoms with Crippen molar-refractivity contribution in [3.05, 3.63) is 52.3 Å². The minimum absolute atomic E-state index is 0.0310. The molecule has 0 aliphatic rings. The molecule has 0 radical (unpaired) electrons. The Kier molecular flexibility index (Phi) is 4.42. The maximum absolute atomic E-state index is 13.1. The van der Waals surface area contributed by atoms with Crippen molar-refractivity contribution >= 4 is 34.6 Å². The summed E-state index contributed by atoms with van der Waals surface area (Å²) in [6, 6.07) is 8.28. The summed E-state index contributed by atoms with van der Waals surface area (Å²) in [7, 11) is 0. The van der Waals surface area contributed by atoms with E-state index in [9.17, 15) is 13.2 Å². The van der Waals surface area contributed by atoms with E-state index in [0.29, 0.717) is 15.7 Å². The number of anilines is 2. The van der Waals surface area contributed by atoms with Gasteiger partial charge in [0.05, 0.1) is 15.6 Å². The second-order valence-electron chi connectivity index (χ2n) is 4.81. The van der Waals surface area contributed by atoms with Crippen LogP contribution in [0.4, 0.5) is 24.8 Å². The number of alkyl halides is 3. The molecule has 0 saturated heterocycles. The van der Waals surface area contributed by atoms with Crippen LogP contribution in [-0.4, -0.2) is 15.0 Å². The Hall–Kier alpha value is -2.19. The molecule has 0 bridgehead atoms. The Balaban J connectivity index is 1.97. The van der Waals surface area contributed by atoms with E-state index in [0.717, 1.165) is 11.3 Å². The van der Waals surface area contributed by atoms with Crippen LogP contribution in [0.2, 0.25) is 5.02 Å². The quantitative estimate of drug-likeness (QED) is 0.677. The zero-order valence-electron chi connectivity index (χ0n) is 12.2. The first-order valence-corrected chi connectivity index (χ1v) is 7.93. The summed E-state index contributed by atoms with van der Waals surface area (Å²) < 4.78 is 39.3. The van der Waals surface area contributed by atoms with Crippen LogP contribution in [0.1, 0.15) is 10.7 Å². The molecule has 3 aromatic rings. The highest BCUT2D eigenvalue weighted by molar-refractivity contribution is 7.15. The Morgan fingerprint density at radius 1 is 1.17 bits per heavy atom. The first-order chi connectivity index (χ1) is 11.3. The fourth-order valence-corrected chi connectivity index (χ4v) is 3.13. The van der Waals surface area contributed by atoms with Crippen molar-refractivity contribution in [2.24, 2.45) is 0 Å². The Morgan fingerprint density at radius 2 is 1.96 bits per heavy atom. The van der Waals surface area contributed by atoms with E-state index in [4.69, 9.17) is 11.6 Å². The molecule has 2 aromatic heterocycles. The predicted molar refractivity (Wildman–Crippen MR) is 87.6 cm³/mol. The van der Waals surface area contributed by atoms with Crippen LogP contribution in [0.25, 0.3) is 10.6 Å². The van der Waals surface area contributed by atoms with Crippen LogP contribution < -0.4 is 5.32 Å². The number of aryl methyl sites for hydroxylation is 1. The zero-order chi connectivity index (χ0) is 17.3. The topological polar surface area (TPSA) is 50.7 Å². The molecule has 0 aliphatic carbocycles. The summed E-state index contributed by atoms with van der Waals surface area (Å²) in [5.74, 6) is 0.175. The van der Waals surface area contributed by atoms with Crippen LogP contribution in [0.3, 0.4) is 0 Å². The Labute approximate surface area is 144 Å². The summed E-state index contributed by atoms with van der Waals surface area (Å²) in [4.78, 5) is 11.7. The van der Waals surface area contributed by atoms with Gasteiger partial charge >= 0.3 is 6.18 Å². The lowest BCUT2D eigenvalue weighted by Crippen LogP contribution is -2.08. The SMILES string of the molecule is Cc1nc(C(F)(F)F)c(-c2ccnc(Nc3cccc(Cl)c3)n2)s1. The lowest BCUT2D eigenvalue weighted by molar-refractivity contribution is -0.140. The molecule has 9 heteroatoms. The third-order valence-electron chi connectivity index (χ3n) is 2.97. The molecule has 1 N–H and O–H groups in total. The standard InChI is InChI=1S/C15H10ClF3N4S/c1-8-21-13(15(17,18)19)12(24-8)11-5-6-20-14(23-11)22-10-4-2-3-9(16)7-10/h2-7H,1H3,(H,20,22,23). The zero-order valence-corrected chi connectivity index (χ0v) is 13.8. The van der Waals surface area contributed by atoms with E-state index in [-0.39, 0.29) is 16.5 Å². The van der Waals surface area contributed by atoms with Crippen molar-refractivity contribution in [3.8, 4) is 10.6 Å². The van der Waals surface area contributed by atoms with E-state index in [1.54, 1.807) is 24.3 Å². The van der Waals surface area contributed by atoms with Gasteiger partial charge in [0.25, 0.3) is 0 Å². The van der Waals surface area contributed by atoms with Crippen LogP contribution in [0, 0.1) is 6.92 Å². The highest BCUT2D eigenvalue weighted by atomic mass is 35.5. The maximum atomic E-state index is 13.1. The van der Waals surface area contributed by atoms with Gasteiger partial charge in [-0.3, -0.25) is 0 Å². The molecule has 0 amide bonds. The molecular formula is C15H10ClF3N4S. The molecule has 0 spiro atoms. The van der Waals surface area contributed by atoms with Crippen LogP contribution in [0.5, 0.6) is 0 Å². The first-order valence-electron chi connectivity index (χ1n) is 6.73. The third-order valence-corrected chi connectivity index (χ3v) is 4.20. The number of thiazole rings is 1. The minimum atomic E-state index is -4.54. The number of hydrogen-bond donors (Lipinski definition) is 1. The van der Waals surface area contributed by atoms with Crippen molar-refractivity contribution in [1.82, 2.24) is 15.0 Å². The molecule has 0 unspecified atom stereocenters. The number of hydrogen-bond acceptors (Lipinski definition) is 5. The number of nitrogens with one attached hydrogen (secondary N) is 1. The summed E-state index contributed by atoms with van der Waals surface area (Å²) in [5.41, 5.74) is -0.138. The molecular weight excluding hydrogens is 361 g/mol. The molecule has 24 heavy (non-hydrogen) atoms. The molecule has 0 saturated carbocycles. The van der Waals surface area contributed by atoms with E-state index < -0.39 is 11.9 Å². The van der Waals surface area contributed by atoms with Gasteiger partial charge in [-0.25, -0.2) is 15.0 Å². The molecule has 124 valence electrons. The van der Waals surface area contributed by atoms with Gasteiger partial charge in [0, 0.05) is 16.9 Å². The lowest BCUT2D eigenvalue weighted by Gasteiger charge is -2.08. The Bertz CT molecular complexity index is 879. The summed E-state index contributed by atoms with van der Waals surface area (Å²) in [6.07, 6.45) is -3.14. The average molecular weight is 371 g/mol. The van der Waals surface area contributed by atoms with Crippen molar-refractivity contribution < 1.29 is 13.2 Å². The third kappa shape index (κ3) is 3.65. The van der Waals surface area contributed by atoms with Gasteiger partial charge in [-0.1, -0.05) is 17.7 Å². The summed E-state index contributed by atoms with van der Waals surface area (Å²) in [6.45, 7) is 1.52. The van der Waals surface area contributed by atoms with Crippen molar-refractivity contribution in [1.29, 1.82) is 0 Å². The van der Waals surface area contributed by atoms with E-state index in [1.807, 2.05) is 0 Å². The number of benzene rings is 1. The second-order valence-corrected chi connectivity index (χ2v) is 6.45. The van der Waals surface area contributed by atoms with Crippen molar-refractivity contribution in [3.63, 3.8) is 0 Å². The molecule has 1 aromatic carbocycles. The fourth-order valence-electron chi connectivity index (χ4n) is 2.03. The molecule has 0 atom stereocenters. The van der Waals surface area contributed by atoms with E-state index >= 15 is 0 Å². The van der Waals surface area contributed by atoms with Gasteiger partial charge in [0.15, 0.2) is 5.69 Å². The van der Waals surface area contributed by atoms with Crippen LogP contribution >= 0.6 is 22.9 Å². The summed E-state index contributed by atoms with van der Waals surface area (Å²) in [5, 5.41) is 3.76. The van der Waals surface area contributed by atoms with Crippen LogP contribution in [0.15, 0.2) is 36.5 Å². The average Bonchev–Trinajstić information content (AvgIpc) is 2.90. The maximum Gasteiger partial charge on any atom is 0.434 e. The minimum Gasteiger partial charge on any atom is -0.324 e. The van der Waals surface area contributed by atoms with E-state index in [1.165, 1.54) is 19.2 Å². The van der Waals surface area contributed by atoms with E-state index in [2.05, 4.69) is 20.3 Å². The number of halogens is 4. The molecule has 0 fully saturated rings. The summed E-state index contributed by atoms with van der Waals surface area (Å²) >= 11 is 6.84. The monoisotopic (exact) mass is 370 g/mol. The molecule has 2 heterocycles. The van der Waals surface area contributed by atoms with Gasteiger partial charge in [0.1, 0.15) is 0 Å². The highest BCUT2D eigenvalue weighted by Gasteiger charge is 2.37. The molecule has 4 nitrogen and oxygen atoms in total. The van der Waals surface area contributed by atoms with Gasteiger partial charge in [-0.15, -0.1) is 11.3 Å². The number of nitrogens with zero attached hydrogens (tertiary/aromatic N) is 3. The molecule has 0 aliphatic heterocycles.